The molecule has 8 nitrogen and oxygen atoms in total. The van der Waals surface area contributed by atoms with Gasteiger partial charge in [-0.3, -0.25) is 4.90 Å². The molecule has 2 heterocycles. The Morgan fingerprint density at radius 2 is 1.74 bits per heavy atom. The van der Waals surface area contributed by atoms with Crippen molar-refractivity contribution in [3.05, 3.63) is 64.0 Å². The maximum Gasteiger partial charge on any atom is 0.416 e. The van der Waals surface area contributed by atoms with Gasteiger partial charge in [0.25, 0.3) is 5.95 Å². The average molecular weight is 603 g/mol. The highest BCUT2D eigenvalue weighted by Crippen LogP contribution is 2.44. The van der Waals surface area contributed by atoms with Gasteiger partial charge >= 0.3 is 18.4 Å². The van der Waals surface area contributed by atoms with E-state index in [1.54, 1.807) is 20.8 Å². The Bertz CT molecular complexity index is 1460. The summed E-state index contributed by atoms with van der Waals surface area (Å²) < 4.78 is 102. The van der Waals surface area contributed by atoms with E-state index in [1.807, 2.05) is 0 Å². The molecule has 0 spiro atoms. The Morgan fingerprint density at radius 3 is 2.31 bits per heavy atom. The fraction of sp³-hybridized carbons (Fsp3) is 0.481. The molecule has 3 aromatic rings. The summed E-state index contributed by atoms with van der Waals surface area (Å²) in [6.07, 6.45) is -9.91. The molecule has 1 atom stereocenters. The Balaban J connectivity index is 1.89. The highest BCUT2D eigenvalue weighted by molar-refractivity contribution is 5.90. The van der Waals surface area contributed by atoms with E-state index in [2.05, 4.69) is 15.4 Å². The van der Waals surface area contributed by atoms with E-state index >= 15 is 0 Å². The molecule has 42 heavy (non-hydrogen) atoms. The fourth-order valence-corrected chi connectivity index (χ4v) is 4.89. The van der Waals surface area contributed by atoms with Crippen LogP contribution in [0.3, 0.4) is 0 Å². The van der Waals surface area contributed by atoms with Gasteiger partial charge < -0.3 is 9.64 Å². The number of carbonyl (C=O) groups excluding carboxylic acids is 1. The van der Waals surface area contributed by atoms with Gasteiger partial charge in [-0.05, 0) is 86.7 Å². The number of ether oxygens (including phenoxy) is 1. The molecule has 0 fully saturated rings. The van der Waals surface area contributed by atoms with Crippen LogP contribution < -0.4 is 9.80 Å². The summed E-state index contributed by atoms with van der Waals surface area (Å²) in [5.41, 5.74) is -3.11. The van der Waals surface area contributed by atoms with Crippen LogP contribution in [0, 0.1) is 12.7 Å². The van der Waals surface area contributed by atoms with Crippen molar-refractivity contribution in [2.24, 2.45) is 7.05 Å². The van der Waals surface area contributed by atoms with Crippen molar-refractivity contribution in [1.82, 2.24) is 20.2 Å². The molecule has 0 unspecified atom stereocenters. The van der Waals surface area contributed by atoms with Crippen molar-refractivity contribution in [2.75, 3.05) is 16.3 Å². The smallest absolute Gasteiger partial charge is 0.416 e. The van der Waals surface area contributed by atoms with E-state index in [0.29, 0.717) is 6.07 Å². The van der Waals surface area contributed by atoms with Gasteiger partial charge in [-0.25, -0.2) is 9.18 Å². The standard InChI is InChI=1S/C27H29F7N6O2/c1-15-9-19-21(7-6-8-39(24(41)42-25(2,3)4)22(19)13-20(15)27(32,33)34)40(23-35-37-38(5)36-23)14-16-10-17(26(29,30)31)12-18(28)11-16/h9-13,21H,6-8,14H2,1-5H3/t21-/m0/s1. The second-order valence-electron chi connectivity index (χ2n) is 11.1. The lowest BCUT2D eigenvalue weighted by atomic mass is 9.94. The van der Waals surface area contributed by atoms with Crippen LogP contribution in [0.15, 0.2) is 30.3 Å². The summed E-state index contributed by atoms with van der Waals surface area (Å²) >= 11 is 0. The molecular weight excluding hydrogens is 573 g/mol. The number of carbonyl (C=O) groups is 1. The number of alkyl halides is 6. The van der Waals surface area contributed by atoms with Gasteiger partial charge in [0, 0.05) is 13.1 Å². The lowest BCUT2D eigenvalue weighted by molar-refractivity contribution is -0.138. The van der Waals surface area contributed by atoms with Crippen LogP contribution in [0.2, 0.25) is 0 Å². The van der Waals surface area contributed by atoms with Crippen molar-refractivity contribution < 1.29 is 40.3 Å². The zero-order valence-electron chi connectivity index (χ0n) is 23.4. The van der Waals surface area contributed by atoms with E-state index in [9.17, 15) is 35.5 Å². The molecule has 0 radical (unpaired) electrons. The minimum absolute atomic E-state index is 0.00129. The highest BCUT2D eigenvalue weighted by atomic mass is 19.4. The van der Waals surface area contributed by atoms with Crippen molar-refractivity contribution in [1.29, 1.82) is 0 Å². The molecule has 0 aliphatic carbocycles. The van der Waals surface area contributed by atoms with Crippen LogP contribution in [-0.2, 0) is 30.7 Å². The van der Waals surface area contributed by atoms with E-state index in [0.717, 1.165) is 27.9 Å². The Labute approximate surface area is 237 Å². The van der Waals surface area contributed by atoms with Crippen LogP contribution in [-0.4, -0.2) is 38.4 Å². The lowest BCUT2D eigenvalue weighted by Crippen LogP contribution is -2.37. The molecule has 0 saturated carbocycles. The molecule has 2 aromatic carbocycles. The van der Waals surface area contributed by atoms with Crippen LogP contribution in [0.25, 0.3) is 0 Å². The topological polar surface area (TPSA) is 76.4 Å². The normalized spacial score (nSPS) is 16.2. The third kappa shape index (κ3) is 6.93. The summed E-state index contributed by atoms with van der Waals surface area (Å²) in [5.74, 6) is -1.16. The number of tetrazole rings is 1. The third-order valence-electron chi connectivity index (χ3n) is 6.57. The van der Waals surface area contributed by atoms with E-state index < -0.39 is 47.0 Å². The number of rotatable bonds is 4. The number of amides is 1. The number of fused-ring (bicyclic) bond motifs is 1. The summed E-state index contributed by atoms with van der Waals surface area (Å²) in [7, 11) is 1.46. The minimum atomic E-state index is -4.82. The molecule has 1 aliphatic rings. The molecule has 15 heteroatoms. The molecule has 0 bridgehead atoms. The van der Waals surface area contributed by atoms with E-state index in [4.69, 9.17) is 4.74 Å². The van der Waals surface area contributed by atoms with Crippen LogP contribution in [0.5, 0.6) is 0 Å². The molecule has 4 rings (SSSR count). The number of nitrogens with zero attached hydrogens (tertiary/aromatic N) is 6. The van der Waals surface area contributed by atoms with Crippen LogP contribution in [0.4, 0.5) is 47.2 Å². The van der Waals surface area contributed by atoms with Crippen molar-refractivity contribution in [2.45, 2.75) is 71.1 Å². The SMILES string of the molecule is Cc1cc2c(cc1C(F)(F)F)N(C(=O)OC(C)(C)C)CCC[C@@H]2N(Cc1cc(F)cc(C(F)(F)F)c1)c1nnn(C)n1. The molecule has 1 amide bonds. The van der Waals surface area contributed by atoms with E-state index in [-0.39, 0.29) is 54.3 Å². The summed E-state index contributed by atoms with van der Waals surface area (Å²) in [6, 6.07) is 3.42. The first-order valence-electron chi connectivity index (χ1n) is 12.9. The number of anilines is 2. The van der Waals surface area contributed by atoms with Gasteiger partial charge in [0.1, 0.15) is 11.4 Å². The van der Waals surface area contributed by atoms with Crippen molar-refractivity contribution in [3.8, 4) is 0 Å². The summed E-state index contributed by atoms with van der Waals surface area (Å²) in [6.45, 7) is 5.80. The Morgan fingerprint density at radius 1 is 1.05 bits per heavy atom. The number of hydrogen-bond donors (Lipinski definition) is 0. The number of halogens is 7. The summed E-state index contributed by atoms with van der Waals surface area (Å²) in [4.78, 5) is 16.9. The zero-order chi connectivity index (χ0) is 31.2. The number of aryl methyl sites for hydroxylation is 2. The molecule has 1 aromatic heterocycles. The Kier molecular flexibility index (Phi) is 8.17. The number of hydrogen-bond acceptors (Lipinski definition) is 6. The highest BCUT2D eigenvalue weighted by Gasteiger charge is 2.39. The minimum Gasteiger partial charge on any atom is -0.443 e. The van der Waals surface area contributed by atoms with Gasteiger partial charge in [0.15, 0.2) is 0 Å². The maximum absolute atomic E-state index is 14.3. The maximum atomic E-state index is 14.3. The van der Waals surface area contributed by atoms with Gasteiger partial charge in [-0.1, -0.05) is 11.2 Å². The zero-order valence-corrected chi connectivity index (χ0v) is 23.4. The largest absolute Gasteiger partial charge is 0.443 e. The number of aromatic nitrogens is 4. The molecule has 0 N–H and O–H groups in total. The first-order chi connectivity index (χ1) is 19.3. The van der Waals surface area contributed by atoms with Crippen molar-refractivity contribution >= 4 is 17.7 Å². The molecule has 228 valence electrons. The molecule has 0 saturated heterocycles. The summed E-state index contributed by atoms with van der Waals surface area (Å²) in [5, 5.41) is 12.0. The predicted molar refractivity (Wildman–Crippen MR) is 138 cm³/mol. The van der Waals surface area contributed by atoms with Gasteiger partial charge in [0.2, 0.25) is 0 Å². The second kappa shape index (κ2) is 11.1. The Hall–Kier alpha value is -3.91. The van der Waals surface area contributed by atoms with Crippen LogP contribution in [0.1, 0.15) is 67.5 Å². The predicted octanol–water partition coefficient (Wildman–Crippen LogP) is 6.98. The van der Waals surface area contributed by atoms with Gasteiger partial charge in [-0.15, -0.1) is 5.10 Å². The average Bonchev–Trinajstić information content (AvgIpc) is 3.17. The monoisotopic (exact) mass is 602 g/mol. The first-order valence-corrected chi connectivity index (χ1v) is 12.9. The fourth-order valence-electron chi connectivity index (χ4n) is 4.89. The quantitative estimate of drug-likeness (QED) is 0.300. The van der Waals surface area contributed by atoms with Gasteiger partial charge in [-0.2, -0.15) is 31.1 Å². The first kappa shape index (κ1) is 31.0. The third-order valence-corrected chi connectivity index (χ3v) is 6.57. The van der Waals surface area contributed by atoms with Crippen LogP contribution >= 0.6 is 0 Å². The van der Waals surface area contributed by atoms with E-state index in [1.165, 1.54) is 24.9 Å². The second-order valence-corrected chi connectivity index (χ2v) is 11.1. The molecule has 1 aliphatic heterocycles. The van der Waals surface area contributed by atoms with Gasteiger partial charge in [0.05, 0.1) is 29.9 Å². The van der Waals surface area contributed by atoms with Crippen molar-refractivity contribution in [3.63, 3.8) is 0 Å². The lowest BCUT2D eigenvalue weighted by Gasteiger charge is -2.33. The number of benzene rings is 2. The molecular formula is C27H29F7N6O2.